The van der Waals surface area contributed by atoms with E-state index in [1.54, 1.807) is 11.0 Å². The number of rotatable bonds is 3. The van der Waals surface area contributed by atoms with Crippen molar-refractivity contribution in [1.29, 1.82) is 0 Å². The number of carbonyl (C=O) groups is 1. The summed E-state index contributed by atoms with van der Waals surface area (Å²) in [4.78, 5) is 14.4. The largest absolute Gasteiger partial charge is 0.370 e. The molecule has 114 valence electrons. The molecule has 1 saturated heterocycles. The number of hydrogen-bond acceptors (Lipinski definition) is 4. The van der Waals surface area contributed by atoms with E-state index in [0.29, 0.717) is 31.3 Å². The highest BCUT2D eigenvalue weighted by atomic mass is 16.5. The van der Waals surface area contributed by atoms with Crippen LogP contribution in [0.15, 0.2) is 40.9 Å². The van der Waals surface area contributed by atoms with Gasteiger partial charge in [-0.2, -0.15) is 0 Å². The van der Waals surface area contributed by atoms with Crippen molar-refractivity contribution >= 4 is 5.91 Å². The number of aromatic nitrogens is 1. The predicted octanol–water partition coefficient (Wildman–Crippen LogP) is 2.77. The Kier molecular flexibility index (Phi) is 3.42. The monoisotopic (exact) mass is 298 g/mol. The van der Waals surface area contributed by atoms with E-state index in [2.05, 4.69) is 5.16 Å². The maximum Gasteiger partial charge on any atom is 0.276 e. The Morgan fingerprint density at radius 2 is 2.05 bits per heavy atom. The smallest absolute Gasteiger partial charge is 0.276 e. The Morgan fingerprint density at radius 1 is 1.23 bits per heavy atom. The molecule has 0 bridgehead atoms. The normalized spacial score (nSPS) is 21.8. The first-order chi connectivity index (χ1) is 10.8. The van der Waals surface area contributed by atoms with E-state index in [9.17, 15) is 4.79 Å². The molecule has 2 heterocycles. The van der Waals surface area contributed by atoms with Gasteiger partial charge in [0.15, 0.2) is 5.69 Å². The molecular formula is C17H18N2O3. The molecule has 0 radical (unpaired) electrons. The summed E-state index contributed by atoms with van der Waals surface area (Å²) in [5, 5.41) is 3.94. The van der Waals surface area contributed by atoms with Crippen LogP contribution in [0.1, 0.15) is 46.7 Å². The minimum atomic E-state index is -0.0753. The van der Waals surface area contributed by atoms with E-state index in [0.717, 1.165) is 24.2 Å². The van der Waals surface area contributed by atoms with Crippen molar-refractivity contribution in [1.82, 2.24) is 10.1 Å². The van der Waals surface area contributed by atoms with Crippen LogP contribution < -0.4 is 0 Å². The quantitative estimate of drug-likeness (QED) is 0.874. The van der Waals surface area contributed by atoms with Gasteiger partial charge in [0.2, 0.25) is 0 Å². The van der Waals surface area contributed by atoms with Gasteiger partial charge in [0.1, 0.15) is 11.9 Å². The van der Waals surface area contributed by atoms with Gasteiger partial charge >= 0.3 is 0 Å². The molecular weight excluding hydrogens is 280 g/mol. The summed E-state index contributed by atoms with van der Waals surface area (Å²) in [5.74, 6) is 1.24. The van der Waals surface area contributed by atoms with Gasteiger partial charge in [0.25, 0.3) is 5.91 Å². The Morgan fingerprint density at radius 3 is 2.82 bits per heavy atom. The highest BCUT2D eigenvalue weighted by molar-refractivity contribution is 5.92. The minimum Gasteiger partial charge on any atom is -0.370 e. The minimum absolute atomic E-state index is 0.0696. The molecule has 22 heavy (non-hydrogen) atoms. The van der Waals surface area contributed by atoms with E-state index in [-0.39, 0.29) is 12.0 Å². The lowest BCUT2D eigenvalue weighted by molar-refractivity contribution is -0.0231. The molecule has 1 saturated carbocycles. The van der Waals surface area contributed by atoms with Crippen molar-refractivity contribution in [2.45, 2.75) is 24.9 Å². The lowest BCUT2D eigenvalue weighted by atomic mass is 10.1. The van der Waals surface area contributed by atoms with Crippen LogP contribution in [-0.2, 0) is 4.74 Å². The second kappa shape index (κ2) is 5.57. The van der Waals surface area contributed by atoms with Gasteiger partial charge in [0.05, 0.1) is 13.2 Å². The summed E-state index contributed by atoms with van der Waals surface area (Å²) in [6.07, 6.45) is 2.20. The predicted molar refractivity (Wildman–Crippen MR) is 79.5 cm³/mol. The fraction of sp³-hybridized carbons (Fsp3) is 0.412. The molecule has 4 rings (SSSR count). The highest BCUT2D eigenvalue weighted by Gasteiger charge is 2.31. The molecule has 5 heteroatoms. The van der Waals surface area contributed by atoms with E-state index in [4.69, 9.17) is 9.26 Å². The van der Waals surface area contributed by atoms with Crippen molar-refractivity contribution in [3.8, 4) is 0 Å². The third kappa shape index (κ3) is 2.64. The van der Waals surface area contributed by atoms with Crippen LogP contribution in [0.4, 0.5) is 0 Å². The van der Waals surface area contributed by atoms with Crippen LogP contribution in [0, 0.1) is 0 Å². The standard InChI is InChI=1S/C17H18N2O3/c20-17(14-10-15(22-18-14)13-6-7-13)19-8-9-21-16(11-19)12-4-2-1-3-5-12/h1-5,10,13,16H,6-9,11H2. The lowest BCUT2D eigenvalue weighted by Gasteiger charge is -2.32. The van der Waals surface area contributed by atoms with E-state index in [1.807, 2.05) is 30.3 Å². The van der Waals surface area contributed by atoms with Crippen LogP contribution in [0.25, 0.3) is 0 Å². The second-order valence-electron chi connectivity index (χ2n) is 5.91. The first kappa shape index (κ1) is 13.5. The maximum atomic E-state index is 12.6. The van der Waals surface area contributed by atoms with E-state index < -0.39 is 0 Å². The molecule has 5 nitrogen and oxygen atoms in total. The van der Waals surface area contributed by atoms with E-state index >= 15 is 0 Å². The number of carbonyl (C=O) groups excluding carboxylic acids is 1. The SMILES string of the molecule is O=C(c1cc(C2CC2)on1)N1CCOC(c2ccccc2)C1. The third-order valence-electron chi connectivity index (χ3n) is 4.25. The van der Waals surface area contributed by atoms with Gasteiger partial charge in [-0.3, -0.25) is 4.79 Å². The number of benzene rings is 1. The molecule has 2 aliphatic rings. The molecule has 1 atom stereocenters. The van der Waals surface area contributed by atoms with Gasteiger partial charge < -0.3 is 14.2 Å². The van der Waals surface area contributed by atoms with Crippen LogP contribution in [0.2, 0.25) is 0 Å². The summed E-state index contributed by atoms with van der Waals surface area (Å²) in [6, 6.07) is 11.8. The van der Waals surface area contributed by atoms with Crippen molar-refractivity contribution in [3.63, 3.8) is 0 Å². The van der Waals surface area contributed by atoms with E-state index in [1.165, 1.54) is 0 Å². The van der Waals surface area contributed by atoms with Crippen LogP contribution >= 0.6 is 0 Å². The molecule has 0 spiro atoms. The summed E-state index contributed by atoms with van der Waals surface area (Å²) < 4.78 is 11.1. The summed E-state index contributed by atoms with van der Waals surface area (Å²) in [6.45, 7) is 1.68. The van der Waals surface area contributed by atoms with Crippen LogP contribution in [0.3, 0.4) is 0 Å². The fourth-order valence-electron chi connectivity index (χ4n) is 2.82. The van der Waals surface area contributed by atoms with Crippen molar-refractivity contribution in [3.05, 3.63) is 53.4 Å². The number of nitrogens with zero attached hydrogens (tertiary/aromatic N) is 2. The highest BCUT2D eigenvalue weighted by Crippen LogP contribution is 2.40. The van der Waals surface area contributed by atoms with Gasteiger partial charge in [-0.05, 0) is 18.4 Å². The van der Waals surface area contributed by atoms with Crippen molar-refractivity contribution in [2.24, 2.45) is 0 Å². The Balaban J connectivity index is 1.48. The van der Waals surface area contributed by atoms with Crippen LogP contribution in [-0.4, -0.2) is 35.7 Å². The Bertz CT molecular complexity index is 664. The number of ether oxygens (including phenoxy) is 1. The van der Waals surface area contributed by atoms with Crippen molar-refractivity contribution < 1.29 is 14.1 Å². The summed E-state index contributed by atoms with van der Waals surface area (Å²) >= 11 is 0. The summed E-state index contributed by atoms with van der Waals surface area (Å²) in [5.41, 5.74) is 1.51. The van der Waals surface area contributed by atoms with Crippen molar-refractivity contribution in [2.75, 3.05) is 19.7 Å². The third-order valence-corrected chi connectivity index (χ3v) is 4.25. The molecule has 0 N–H and O–H groups in total. The first-order valence-corrected chi connectivity index (χ1v) is 7.73. The molecule has 1 aromatic heterocycles. The topological polar surface area (TPSA) is 55.6 Å². The molecule has 1 aliphatic carbocycles. The second-order valence-corrected chi connectivity index (χ2v) is 5.91. The number of amides is 1. The van der Waals surface area contributed by atoms with Crippen LogP contribution in [0.5, 0.6) is 0 Å². The number of hydrogen-bond donors (Lipinski definition) is 0. The van der Waals surface area contributed by atoms with Gasteiger partial charge in [0, 0.05) is 18.5 Å². The Hall–Kier alpha value is -2.14. The zero-order valence-corrected chi connectivity index (χ0v) is 12.3. The fourth-order valence-corrected chi connectivity index (χ4v) is 2.82. The zero-order chi connectivity index (χ0) is 14.9. The molecule has 2 aromatic rings. The molecule has 1 aromatic carbocycles. The lowest BCUT2D eigenvalue weighted by Crippen LogP contribution is -2.42. The zero-order valence-electron chi connectivity index (χ0n) is 12.3. The Labute approximate surface area is 128 Å². The average molecular weight is 298 g/mol. The van der Waals surface area contributed by atoms with Gasteiger partial charge in [-0.25, -0.2) is 0 Å². The molecule has 2 fully saturated rings. The molecule has 1 amide bonds. The average Bonchev–Trinajstić information content (AvgIpc) is 3.32. The first-order valence-electron chi connectivity index (χ1n) is 7.73. The van der Waals surface area contributed by atoms with Gasteiger partial charge in [-0.15, -0.1) is 0 Å². The number of morpholine rings is 1. The van der Waals surface area contributed by atoms with Gasteiger partial charge in [-0.1, -0.05) is 35.5 Å². The summed E-state index contributed by atoms with van der Waals surface area (Å²) in [7, 11) is 0. The molecule has 1 unspecified atom stereocenters. The molecule has 1 aliphatic heterocycles. The maximum absolute atomic E-state index is 12.6.